The van der Waals surface area contributed by atoms with Crippen molar-refractivity contribution in [2.75, 3.05) is 52.2 Å². The largest absolute Gasteiger partial charge is 0.371 e. The molecule has 1 fully saturated rings. The zero-order chi connectivity index (χ0) is 22.2. The molecule has 1 aliphatic heterocycles. The summed E-state index contributed by atoms with van der Waals surface area (Å²) >= 11 is 0. The number of hydrogen-bond donors (Lipinski definition) is 2. The number of likely N-dealkylation sites (N-methyl/N-ethyl adjacent to an activating group) is 2. The maximum absolute atomic E-state index is 13.5. The van der Waals surface area contributed by atoms with Crippen molar-refractivity contribution in [1.82, 2.24) is 30.0 Å². The molecule has 3 heterocycles. The molecule has 0 saturated carbocycles. The van der Waals surface area contributed by atoms with E-state index in [1.165, 1.54) is 30.7 Å². The zero-order valence-corrected chi connectivity index (χ0v) is 18.9. The molecule has 0 aliphatic carbocycles. The second-order valence-electron chi connectivity index (χ2n) is 9.05. The molecule has 1 aliphatic rings. The molecule has 168 valence electrons. The van der Waals surface area contributed by atoms with Crippen molar-refractivity contribution in [2.45, 2.75) is 18.9 Å². The van der Waals surface area contributed by atoms with E-state index >= 15 is 0 Å². The second kappa shape index (κ2) is 8.52. The molecule has 0 spiro atoms. The number of imidazole rings is 1. The first-order chi connectivity index (χ1) is 15.5. The number of nitrogens with zero attached hydrogens (tertiary/aromatic N) is 5. The Morgan fingerprint density at radius 1 is 1.03 bits per heavy atom. The molecule has 4 aromatic rings. The van der Waals surface area contributed by atoms with Crippen LogP contribution < -0.4 is 4.90 Å². The summed E-state index contributed by atoms with van der Waals surface area (Å²) in [7, 11) is 6.50. The van der Waals surface area contributed by atoms with Gasteiger partial charge in [-0.25, -0.2) is 9.37 Å². The molecule has 2 aromatic carbocycles. The van der Waals surface area contributed by atoms with E-state index in [1.54, 1.807) is 6.07 Å². The predicted molar refractivity (Wildman–Crippen MR) is 128 cm³/mol. The van der Waals surface area contributed by atoms with Crippen molar-refractivity contribution >= 4 is 27.6 Å². The fraction of sp³-hybridized carbons (Fsp3) is 0.417. The number of piperidine rings is 1. The van der Waals surface area contributed by atoms with Crippen molar-refractivity contribution in [3.8, 4) is 11.5 Å². The summed E-state index contributed by atoms with van der Waals surface area (Å²) in [5.74, 6) is 0.408. The molecule has 32 heavy (non-hydrogen) atoms. The maximum Gasteiger partial charge on any atom is 0.159 e. The molecular weight excluding hydrogens is 405 g/mol. The Bertz CT molecular complexity index is 1220. The Hall–Kier alpha value is -2.97. The second-order valence-corrected chi connectivity index (χ2v) is 9.05. The van der Waals surface area contributed by atoms with Crippen LogP contribution in [0.2, 0.25) is 0 Å². The van der Waals surface area contributed by atoms with Gasteiger partial charge in [0.25, 0.3) is 0 Å². The van der Waals surface area contributed by atoms with Crippen LogP contribution in [0.4, 0.5) is 10.1 Å². The number of anilines is 1. The van der Waals surface area contributed by atoms with Crippen molar-refractivity contribution in [2.24, 2.45) is 0 Å². The van der Waals surface area contributed by atoms with Crippen LogP contribution in [0.25, 0.3) is 33.5 Å². The van der Waals surface area contributed by atoms with Gasteiger partial charge in [0.1, 0.15) is 11.5 Å². The van der Waals surface area contributed by atoms with Gasteiger partial charge >= 0.3 is 0 Å². The van der Waals surface area contributed by atoms with Gasteiger partial charge in [-0.15, -0.1) is 0 Å². The summed E-state index contributed by atoms with van der Waals surface area (Å²) in [5, 5.41) is 8.11. The molecule has 0 amide bonds. The lowest BCUT2D eigenvalue weighted by molar-refractivity contribution is 0.190. The Morgan fingerprint density at radius 2 is 1.84 bits per heavy atom. The van der Waals surface area contributed by atoms with Crippen LogP contribution in [0.3, 0.4) is 0 Å². The highest BCUT2D eigenvalue weighted by Crippen LogP contribution is 2.29. The van der Waals surface area contributed by atoms with E-state index in [9.17, 15) is 4.39 Å². The monoisotopic (exact) mass is 435 g/mol. The highest BCUT2D eigenvalue weighted by atomic mass is 19.1. The summed E-state index contributed by atoms with van der Waals surface area (Å²) < 4.78 is 13.5. The zero-order valence-electron chi connectivity index (χ0n) is 18.9. The van der Waals surface area contributed by atoms with E-state index in [4.69, 9.17) is 4.98 Å². The van der Waals surface area contributed by atoms with Gasteiger partial charge in [-0.05, 0) is 70.4 Å². The van der Waals surface area contributed by atoms with Crippen LogP contribution in [0.15, 0.2) is 36.4 Å². The molecule has 0 atom stereocenters. The number of halogens is 1. The molecule has 5 rings (SSSR count). The number of benzene rings is 2. The van der Waals surface area contributed by atoms with Crippen molar-refractivity contribution in [3.05, 3.63) is 42.2 Å². The van der Waals surface area contributed by atoms with Gasteiger partial charge in [-0.1, -0.05) is 0 Å². The number of H-pyrrole nitrogens is 2. The molecule has 2 N–H and O–H groups in total. The van der Waals surface area contributed by atoms with Crippen molar-refractivity contribution in [1.29, 1.82) is 0 Å². The lowest BCUT2D eigenvalue weighted by Gasteiger charge is -2.38. The first kappa shape index (κ1) is 20.9. The van der Waals surface area contributed by atoms with E-state index in [-0.39, 0.29) is 5.82 Å². The van der Waals surface area contributed by atoms with Crippen LogP contribution in [0.5, 0.6) is 0 Å². The minimum absolute atomic E-state index is 0.283. The van der Waals surface area contributed by atoms with E-state index in [0.717, 1.165) is 42.6 Å². The summed E-state index contributed by atoms with van der Waals surface area (Å²) in [6.07, 6.45) is 2.34. The van der Waals surface area contributed by atoms with Gasteiger partial charge in [-0.3, -0.25) is 5.10 Å². The Balaban J connectivity index is 1.31. The summed E-state index contributed by atoms with van der Waals surface area (Å²) in [6, 6.07) is 11.7. The number of rotatable bonds is 6. The topological polar surface area (TPSA) is 67.1 Å². The maximum atomic E-state index is 13.5. The molecule has 7 nitrogen and oxygen atoms in total. The normalized spacial score (nSPS) is 15.6. The number of aromatic nitrogens is 4. The van der Waals surface area contributed by atoms with E-state index in [0.29, 0.717) is 23.1 Å². The minimum Gasteiger partial charge on any atom is -0.371 e. The van der Waals surface area contributed by atoms with Crippen LogP contribution in [0, 0.1) is 5.82 Å². The lowest BCUT2D eigenvalue weighted by atomic mass is 10.0. The number of nitrogens with one attached hydrogen (secondary N) is 2. The number of fused-ring (bicyclic) bond motifs is 2. The molecule has 0 radical (unpaired) electrons. The minimum atomic E-state index is -0.283. The molecular formula is C24H30FN7. The number of hydrogen-bond acceptors (Lipinski definition) is 5. The average molecular weight is 436 g/mol. The van der Waals surface area contributed by atoms with E-state index in [2.05, 4.69) is 69.2 Å². The van der Waals surface area contributed by atoms with Crippen LogP contribution in [-0.4, -0.2) is 83.3 Å². The van der Waals surface area contributed by atoms with Gasteiger partial charge in [0.05, 0.1) is 16.6 Å². The standard InChI is InChI=1S/C24H30FN7/c1-30(2)12-13-31(3)17-8-10-32(11-9-17)18-5-7-20-22(15-18)27-24(26-20)23-19-6-4-16(25)14-21(19)28-29-23/h4-7,14-15,17H,8-13H2,1-3H3,(H,26,27)(H,28,29). The summed E-state index contributed by atoms with van der Waals surface area (Å²) in [6.45, 7) is 4.30. The molecule has 0 bridgehead atoms. The summed E-state index contributed by atoms with van der Waals surface area (Å²) in [5.41, 5.74) is 4.47. The number of aromatic amines is 2. The van der Waals surface area contributed by atoms with Crippen LogP contribution in [-0.2, 0) is 0 Å². The van der Waals surface area contributed by atoms with Crippen molar-refractivity contribution in [3.63, 3.8) is 0 Å². The van der Waals surface area contributed by atoms with E-state index < -0.39 is 0 Å². The fourth-order valence-electron chi connectivity index (χ4n) is 4.58. The lowest BCUT2D eigenvalue weighted by Crippen LogP contribution is -2.45. The first-order valence-electron chi connectivity index (χ1n) is 11.2. The van der Waals surface area contributed by atoms with E-state index in [1.807, 2.05) is 0 Å². The Kier molecular flexibility index (Phi) is 5.57. The Morgan fingerprint density at radius 3 is 2.62 bits per heavy atom. The Labute approximate surface area is 187 Å². The van der Waals surface area contributed by atoms with Crippen molar-refractivity contribution < 1.29 is 4.39 Å². The summed E-state index contributed by atoms with van der Waals surface area (Å²) in [4.78, 5) is 15.4. The molecule has 2 aromatic heterocycles. The molecule has 8 heteroatoms. The third-order valence-electron chi connectivity index (χ3n) is 6.57. The van der Waals surface area contributed by atoms with Gasteiger partial charge in [0, 0.05) is 43.3 Å². The van der Waals surface area contributed by atoms with Crippen LogP contribution in [0.1, 0.15) is 12.8 Å². The smallest absolute Gasteiger partial charge is 0.159 e. The SMILES string of the molecule is CN(C)CCN(C)C1CCN(c2ccc3[nH]c(-c4n[nH]c5cc(F)ccc45)nc3c2)CC1. The quantitative estimate of drug-likeness (QED) is 0.483. The molecule has 0 unspecified atom stereocenters. The fourth-order valence-corrected chi connectivity index (χ4v) is 4.58. The van der Waals surface area contributed by atoms with Gasteiger partial charge in [0.2, 0.25) is 0 Å². The highest BCUT2D eigenvalue weighted by molar-refractivity contribution is 5.93. The molecule has 1 saturated heterocycles. The highest BCUT2D eigenvalue weighted by Gasteiger charge is 2.23. The third-order valence-corrected chi connectivity index (χ3v) is 6.57. The predicted octanol–water partition coefficient (Wildman–Crippen LogP) is 3.71. The first-order valence-corrected chi connectivity index (χ1v) is 11.2. The van der Waals surface area contributed by atoms with Gasteiger partial charge in [0.15, 0.2) is 5.82 Å². The average Bonchev–Trinajstić information content (AvgIpc) is 3.40. The van der Waals surface area contributed by atoms with Gasteiger partial charge in [-0.2, -0.15) is 5.10 Å². The van der Waals surface area contributed by atoms with Crippen LogP contribution >= 0.6 is 0 Å². The van der Waals surface area contributed by atoms with Gasteiger partial charge < -0.3 is 19.7 Å². The third kappa shape index (κ3) is 4.08.